The van der Waals surface area contributed by atoms with E-state index < -0.39 is 10.0 Å². The molecular weight excluding hydrogens is 280 g/mol. The van der Waals surface area contributed by atoms with Crippen LogP contribution in [0.4, 0.5) is 5.69 Å². The van der Waals surface area contributed by atoms with Crippen molar-refractivity contribution < 1.29 is 17.9 Å². The molecule has 0 aliphatic carbocycles. The molecule has 0 bridgehead atoms. The Morgan fingerprint density at radius 1 is 1.35 bits per heavy atom. The maximum Gasteiger partial charge on any atom is 0.246 e. The van der Waals surface area contributed by atoms with Crippen molar-refractivity contribution >= 4 is 15.7 Å². The maximum absolute atomic E-state index is 12.6. The van der Waals surface area contributed by atoms with E-state index >= 15 is 0 Å². The van der Waals surface area contributed by atoms with E-state index in [1.165, 1.54) is 31.6 Å². The van der Waals surface area contributed by atoms with E-state index in [9.17, 15) is 8.42 Å². The predicted molar refractivity (Wildman–Crippen MR) is 78.4 cm³/mol. The molecule has 1 aromatic carbocycles. The van der Waals surface area contributed by atoms with Gasteiger partial charge in [0.25, 0.3) is 0 Å². The third-order valence-corrected chi connectivity index (χ3v) is 5.23. The van der Waals surface area contributed by atoms with Crippen LogP contribution in [0.15, 0.2) is 17.0 Å². The molecule has 0 amide bonds. The molecule has 1 rings (SSSR count). The Kier molecular flexibility index (Phi) is 5.38. The lowest BCUT2D eigenvalue weighted by molar-refractivity contribution is 0.149. The minimum absolute atomic E-state index is 0.0635. The van der Waals surface area contributed by atoms with Crippen LogP contribution in [0.25, 0.3) is 0 Å². The Morgan fingerprint density at radius 2 is 1.95 bits per heavy atom. The first-order valence-corrected chi connectivity index (χ1v) is 7.60. The van der Waals surface area contributed by atoms with Gasteiger partial charge in [-0.2, -0.15) is 4.31 Å². The zero-order valence-electron chi connectivity index (χ0n) is 12.5. The van der Waals surface area contributed by atoms with Crippen molar-refractivity contribution in [2.75, 3.05) is 33.6 Å². The Balaban J connectivity index is 3.31. The molecule has 1 atom stereocenters. The largest absolute Gasteiger partial charge is 0.495 e. The predicted octanol–water partition coefficient (Wildman–Crippen LogP) is 1.24. The number of sulfonamides is 1. The molecule has 0 saturated heterocycles. The fourth-order valence-corrected chi connectivity index (χ4v) is 3.29. The number of rotatable bonds is 6. The van der Waals surface area contributed by atoms with Gasteiger partial charge in [-0.15, -0.1) is 0 Å². The van der Waals surface area contributed by atoms with Crippen LogP contribution in [0.5, 0.6) is 5.75 Å². The molecule has 0 spiro atoms. The van der Waals surface area contributed by atoms with E-state index in [2.05, 4.69) is 0 Å². The van der Waals surface area contributed by atoms with E-state index in [1.807, 2.05) is 0 Å². The second kappa shape index (κ2) is 6.43. The minimum atomic E-state index is -3.69. The Labute approximate surface area is 120 Å². The number of hydrogen-bond donors (Lipinski definition) is 1. The van der Waals surface area contributed by atoms with Gasteiger partial charge in [0, 0.05) is 25.9 Å². The average Bonchev–Trinajstić information content (AvgIpc) is 2.40. The molecular formula is C13H22N2O4S. The van der Waals surface area contributed by atoms with Gasteiger partial charge >= 0.3 is 0 Å². The second-order valence-electron chi connectivity index (χ2n) is 4.69. The molecule has 2 N–H and O–H groups in total. The normalized spacial score (nSPS) is 13.5. The highest BCUT2D eigenvalue weighted by Gasteiger charge is 2.29. The van der Waals surface area contributed by atoms with Gasteiger partial charge in [-0.1, -0.05) is 0 Å². The van der Waals surface area contributed by atoms with Gasteiger partial charge in [-0.05, 0) is 31.5 Å². The summed E-state index contributed by atoms with van der Waals surface area (Å²) in [6.45, 7) is 3.87. The van der Waals surface area contributed by atoms with Crippen molar-refractivity contribution in [2.45, 2.75) is 24.8 Å². The van der Waals surface area contributed by atoms with Gasteiger partial charge in [0.1, 0.15) is 10.6 Å². The van der Waals surface area contributed by atoms with Crippen LogP contribution in [0.3, 0.4) is 0 Å². The molecule has 0 saturated carbocycles. The smallest absolute Gasteiger partial charge is 0.246 e. The van der Waals surface area contributed by atoms with Gasteiger partial charge in [0.15, 0.2) is 0 Å². The lowest BCUT2D eigenvalue weighted by Gasteiger charge is -2.24. The lowest BCUT2D eigenvalue weighted by atomic mass is 10.2. The first-order chi connectivity index (χ1) is 9.25. The molecule has 0 fully saturated rings. The quantitative estimate of drug-likeness (QED) is 0.800. The van der Waals surface area contributed by atoms with Crippen molar-refractivity contribution in [3.05, 3.63) is 17.7 Å². The monoisotopic (exact) mass is 302 g/mol. The highest BCUT2D eigenvalue weighted by molar-refractivity contribution is 7.89. The van der Waals surface area contributed by atoms with Crippen molar-refractivity contribution in [1.82, 2.24) is 4.31 Å². The first kappa shape index (κ1) is 16.7. The number of nitrogen functional groups attached to an aromatic ring is 1. The lowest BCUT2D eigenvalue weighted by Crippen LogP contribution is -2.38. The summed E-state index contributed by atoms with van der Waals surface area (Å²) in [5, 5.41) is 0. The fourth-order valence-electron chi connectivity index (χ4n) is 1.78. The number of benzene rings is 1. The number of nitrogens with two attached hydrogens (primary N) is 1. The van der Waals surface area contributed by atoms with Gasteiger partial charge in [0.05, 0.1) is 13.7 Å². The summed E-state index contributed by atoms with van der Waals surface area (Å²) in [5.74, 6) is 0.285. The fraction of sp³-hybridized carbons (Fsp3) is 0.538. The van der Waals surface area contributed by atoms with Gasteiger partial charge < -0.3 is 15.2 Å². The number of anilines is 1. The molecule has 6 nitrogen and oxygen atoms in total. The van der Waals surface area contributed by atoms with Gasteiger partial charge in [-0.25, -0.2) is 8.42 Å². The van der Waals surface area contributed by atoms with Gasteiger partial charge in [0.2, 0.25) is 10.0 Å². The van der Waals surface area contributed by atoms with E-state index in [0.717, 1.165) is 5.56 Å². The van der Waals surface area contributed by atoms with E-state index in [1.54, 1.807) is 19.9 Å². The number of ether oxygens (including phenoxy) is 2. The summed E-state index contributed by atoms with van der Waals surface area (Å²) in [6, 6.07) is 2.76. The standard InChI is InChI=1S/C13H22N2O4S/c1-9-6-12(19-5)13(7-11(9)14)20(16,17)15(3)10(2)8-18-4/h6-7,10H,8,14H2,1-5H3. The summed E-state index contributed by atoms with van der Waals surface area (Å²) in [7, 11) is 0.777. The Hall–Kier alpha value is -1.31. The Bertz CT molecular complexity index is 572. The summed E-state index contributed by atoms with van der Waals surface area (Å²) in [5.41, 5.74) is 7.00. The van der Waals surface area contributed by atoms with Crippen LogP contribution in [0.1, 0.15) is 12.5 Å². The maximum atomic E-state index is 12.6. The van der Waals surface area contributed by atoms with Crippen LogP contribution in [0.2, 0.25) is 0 Å². The highest BCUT2D eigenvalue weighted by atomic mass is 32.2. The number of aryl methyl sites for hydroxylation is 1. The molecule has 1 aromatic rings. The van der Waals surface area contributed by atoms with Crippen LogP contribution < -0.4 is 10.5 Å². The number of methoxy groups -OCH3 is 2. The van der Waals surface area contributed by atoms with Gasteiger partial charge in [-0.3, -0.25) is 0 Å². The van der Waals surface area contributed by atoms with Crippen LogP contribution in [-0.4, -0.2) is 46.6 Å². The van der Waals surface area contributed by atoms with Crippen LogP contribution in [0, 0.1) is 6.92 Å². The minimum Gasteiger partial charge on any atom is -0.495 e. The number of nitrogens with zero attached hydrogens (tertiary/aromatic N) is 1. The summed E-state index contributed by atoms with van der Waals surface area (Å²) in [4.78, 5) is 0.0635. The molecule has 20 heavy (non-hydrogen) atoms. The third-order valence-electron chi connectivity index (χ3n) is 3.24. The molecule has 7 heteroatoms. The zero-order valence-corrected chi connectivity index (χ0v) is 13.3. The van der Waals surface area contributed by atoms with E-state index in [4.69, 9.17) is 15.2 Å². The third kappa shape index (κ3) is 3.23. The molecule has 114 valence electrons. The Morgan fingerprint density at radius 3 is 2.45 bits per heavy atom. The highest BCUT2D eigenvalue weighted by Crippen LogP contribution is 2.31. The topological polar surface area (TPSA) is 81.9 Å². The zero-order chi connectivity index (χ0) is 15.5. The van der Waals surface area contributed by atoms with Crippen molar-refractivity contribution in [3.8, 4) is 5.75 Å². The first-order valence-electron chi connectivity index (χ1n) is 6.16. The average molecular weight is 302 g/mol. The SMILES string of the molecule is COCC(C)N(C)S(=O)(=O)c1cc(N)c(C)cc1OC. The van der Waals surface area contributed by atoms with E-state index in [-0.39, 0.29) is 16.7 Å². The molecule has 0 aliphatic rings. The number of hydrogen-bond acceptors (Lipinski definition) is 5. The molecule has 1 unspecified atom stereocenters. The second-order valence-corrected chi connectivity index (χ2v) is 6.65. The molecule has 0 heterocycles. The van der Waals surface area contributed by atoms with Crippen LogP contribution >= 0.6 is 0 Å². The summed E-state index contributed by atoms with van der Waals surface area (Å²) in [6.07, 6.45) is 0. The van der Waals surface area contributed by atoms with Crippen molar-refractivity contribution in [2.24, 2.45) is 0 Å². The molecule has 0 aliphatic heterocycles. The molecule has 0 aromatic heterocycles. The molecule has 0 radical (unpaired) electrons. The van der Waals surface area contributed by atoms with Crippen molar-refractivity contribution in [1.29, 1.82) is 0 Å². The van der Waals surface area contributed by atoms with Crippen molar-refractivity contribution in [3.63, 3.8) is 0 Å². The van der Waals surface area contributed by atoms with E-state index in [0.29, 0.717) is 12.3 Å². The van der Waals surface area contributed by atoms with Crippen LogP contribution in [-0.2, 0) is 14.8 Å². The number of likely N-dealkylation sites (N-methyl/N-ethyl adjacent to an activating group) is 1. The summed E-state index contributed by atoms with van der Waals surface area (Å²) < 4.78 is 36.7. The summed E-state index contributed by atoms with van der Waals surface area (Å²) >= 11 is 0.